The summed E-state index contributed by atoms with van der Waals surface area (Å²) in [4.78, 5) is 27.4. The van der Waals surface area contributed by atoms with Crippen LogP contribution in [0, 0.1) is 0 Å². The number of hydrazine groups is 1. The van der Waals surface area contributed by atoms with Crippen LogP contribution in [-0.2, 0) is 4.79 Å². The van der Waals surface area contributed by atoms with Gasteiger partial charge in [-0.1, -0.05) is 6.92 Å². The Bertz CT molecular complexity index is 450. The molecule has 0 saturated carbocycles. The maximum atomic E-state index is 11.9. The number of nitrogens with two attached hydrogens (primary N) is 1. The van der Waals surface area contributed by atoms with Gasteiger partial charge in [0.2, 0.25) is 5.91 Å². The van der Waals surface area contributed by atoms with E-state index in [1.54, 1.807) is 13.0 Å². The second-order valence-corrected chi connectivity index (χ2v) is 4.06. The van der Waals surface area contributed by atoms with Crippen LogP contribution in [0.25, 0.3) is 0 Å². The van der Waals surface area contributed by atoms with Crippen LogP contribution in [0.3, 0.4) is 0 Å². The average molecular weight is 265 g/mol. The van der Waals surface area contributed by atoms with Crippen LogP contribution in [-0.4, -0.2) is 29.4 Å². The Morgan fingerprint density at radius 1 is 1.47 bits per heavy atom. The Kier molecular flexibility index (Phi) is 5.74. The second-order valence-electron chi connectivity index (χ2n) is 4.06. The molecule has 2 amide bonds. The van der Waals surface area contributed by atoms with Gasteiger partial charge in [-0.15, -0.1) is 0 Å². The van der Waals surface area contributed by atoms with Crippen LogP contribution < -0.4 is 21.9 Å². The second kappa shape index (κ2) is 7.32. The number of carbonyl (C=O) groups is 2. The van der Waals surface area contributed by atoms with E-state index in [0.29, 0.717) is 17.9 Å². The Hall–Kier alpha value is -2.15. The lowest BCUT2D eigenvalue weighted by Gasteiger charge is -2.14. The lowest BCUT2D eigenvalue weighted by Crippen LogP contribution is -2.45. The van der Waals surface area contributed by atoms with Gasteiger partial charge in [0.1, 0.15) is 11.9 Å². The topological polar surface area (TPSA) is 109 Å². The van der Waals surface area contributed by atoms with E-state index in [1.807, 2.05) is 6.92 Å². The molecule has 5 N–H and O–H groups in total. The van der Waals surface area contributed by atoms with Crippen LogP contribution in [0.5, 0.6) is 0 Å². The van der Waals surface area contributed by atoms with Crippen molar-refractivity contribution in [2.24, 2.45) is 5.84 Å². The van der Waals surface area contributed by atoms with Crippen LogP contribution in [0.15, 0.2) is 18.3 Å². The minimum Gasteiger partial charge on any atom is -0.354 e. The normalized spacial score (nSPS) is 11.5. The van der Waals surface area contributed by atoms with Crippen molar-refractivity contribution in [3.8, 4) is 0 Å². The van der Waals surface area contributed by atoms with E-state index in [2.05, 4.69) is 21.0 Å². The number of pyridine rings is 1. The molecule has 7 nitrogen and oxygen atoms in total. The third-order valence-electron chi connectivity index (χ3n) is 2.46. The van der Waals surface area contributed by atoms with Crippen LogP contribution in [0.1, 0.15) is 30.6 Å². The highest BCUT2D eigenvalue weighted by Crippen LogP contribution is 2.05. The van der Waals surface area contributed by atoms with Crippen molar-refractivity contribution in [3.63, 3.8) is 0 Å². The summed E-state index contributed by atoms with van der Waals surface area (Å²) in [6, 6.07) is 2.46. The van der Waals surface area contributed by atoms with E-state index in [9.17, 15) is 9.59 Å². The zero-order chi connectivity index (χ0) is 14.3. The Morgan fingerprint density at radius 3 is 2.84 bits per heavy atom. The molecule has 1 aromatic rings. The molecule has 0 radical (unpaired) electrons. The first-order valence-corrected chi connectivity index (χ1v) is 6.09. The van der Waals surface area contributed by atoms with Crippen molar-refractivity contribution in [2.75, 3.05) is 12.0 Å². The largest absolute Gasteiger partial charge is 0.354 e. The molecule has 1 heterocycles. The number of aromatic nitrogens is 1. The number of carbonyl (C=O) groups excluding carboxylic acids is 2. The van der Waals surface area contributed by atoms with E-state index in [-0.39, 0.29) is 11.8 Å². The molecule has 19 heavy (non-hydrogen) atoms. The molecular weight excluding hydrogens is 246 g/mol. The lowest BCUT2D eigenvalue weighted by atomic mass is 10.2. The average Bonchev–Trinajstić information content (AvgIpc) is 2.44. The number of anilines is 1. The summed E-state index contributed by atoms with van der Waals surface area (Å²) >= 11 is 0. The SMILES string of the molecule is CCCNC(=O)C(C)NC(=O)c1ccnc(NN)c1. The van der Waals surface area contributed by atoms with Crippen molar-refractivity contribution < 1.29 is 9.59 Å². The first-order chi connectivity index (χ1) is 9.08. The number of nitrogens with zero attached hydrogens (tertiary/aromatic N) is 1. The quantitative estimate of drug-likeness (QED) is 0.428. The number of hydrogen-bond acceptors (Lipinski definition) is 5. The standard InChI is InChI=1S/C12H19N5O2/c1-3-5-15-11(18)8(2)16-12(19)9-4-6-14-10(7-9)17-13/h4,6-8H,3,5,13H2,1-2H3,(H,14,17)(H,15,18)(H,16,19). The molecule has 0 spiro atoms. The molecule has 0 saturated heterocycles. The number of nitrogen functional groups attached to an aromatic ring is 1. The van der Waals surface area contributed by atoms with Gasteiger partial charge >= 0.3 is 0 Å². The molecule has 0 aliphatic carbocycles. The molecule has 1 aromatic heterocycles. The molecule has 0 aliphatic heterocycles. The smallest absolute Gasteiger partial charge is 0.252 e. The third-order valence-corrected chi connectivity index (χ3v) is 2.46. The fraction of sp³-hybridized carbons (Fsp3) is 0.417. The minimum absolute atomic E-state index is 0.207. The van der Waals surface area contributed by atoms with Crippen molar-refractivity contribution >= 4 is 17.6 Å². The molecule has 0 aromatic carbocycles. The number of hydrogen-bond donors (Lipinski definition) is 4. The van der Waals surface area contributed by atoms with E-state index in [4.69, 9.17) is 5.84 Å². The van der Waals surface area contributed by atoms with Crippen molar-refractivity contribution in [2.45, 2.75) is 26.3 Å². The molecule has 1 atom stereocenters. The van der Waals surface area contributed by atoms with Gasteiger partial charge in [0.25, 0.3) is 5.91 Å². The molecule has 0 bridgehead atoms. The van der Waals surface area contributed by atoms with Gasteiger partial charge in [-0.25, -0.2) is 10.8 Å². The zero-order valence-electron chi connectivity index (χ0n) is 11.1. The van der Waals surface area contributed by atoms with Gasteiger partial charge in [-0.2, -0.15) is 0 Å². The summed E-state index contributed by atoms with van der Waals surface area (Å²) in [6.45, 7) is 4.18. The summed E-state index contributed by atoms with van der Waals surface area (Å²) in [5.74, 6) is 5.04. The van der Waals surface area contributed by atoms with Gasteiger partial charge in [0.15, 0.2) is 0 Å². The monoisotopic (exact) mass is 265 g/mol. The van der Waals surface area contributed by atoms with Crippen LogP contribution in [0.2, 0.25) is 0 Å². The van der Waals surface area contributed by atoms with Crippen molar-refractivity contribution in [1.82, 2.24) is 15.6 Å². The first-order valence-electron chi connectivity index (χ1n) is 6.09. The highest BCUT2D eigenvalue weighted by atomic mass is 16.2. The van der Waals surface area contributed by atoms with E-state index < -0.39 is 6.04 Å². The lowest BCUT2D eigenvalue weighted by molar-refractivity contribution is -0.122. The molecule has 7 heteroatoms. The molecule has 0 aliphatic rings. The Morgan fingerprint density at radius 2 is 2.21 bits per heavy atom. The third kappa shape index (κ3) is 4.55. The molecule has 1 rings (SSSR count). The highest BCUT2D eigenvalue weighted by Gasteiger charge is 2.16. The number of amides is 2. The zero-order valence-corrected chi connectivity index (χ0v) is 11.1. The Balaban J connectivity index is 2.60. The summed E-state index contributed by atoms with van der Waals surface area (Å²) < 4.78 is 0. The predicted molar refractivity (Wildman–Crippen MR) is 72.3 cm³/mol. The maximum absolute atomic E-state index is 11.9. The number of nitrogens with one attached hydrogen (secondary N) is 3. The van der Waals surface area contributed by atoms with Crippen molar-refractivity contribution in [3.05, 3.63) is 23.9 Å². The Labute approximate surface area is 111 Å². The molecule has 1 unspecified atom stereocenters. The fourth-order valence-corrected chi connectivity index (χ4v) is 1.40. The predicted octanol–water partition coefficient (Wildman–Crippen LogP) is 0.0117. The van der Waals surface area contributed by atoms with Gasteiger partial charge in [-0.05, 0) is 25.5 Å². The molecule has 104 valence electrons. The van der Waals surface area contributed by atoms with E-state index in [1.165, 1.54) is 12.3 Å². The van der Waals surface area contributed by atoms with Gasteiger partial charge < -0.3 is 16.1 Å². The van der Waals surface area contributed by atoms with Gasteiger partial charge in [-0.3, -0.25) is 9.59 Å². The maximum Gasteiger partial charge on any atom is 0.252 e. The summed E-state index contributed by atoms with van der Waals surface area (Å²) in [6.07, 6.45) is 2.31. The summed E-state index contributed by atoms with van der Waals surface area (Å²) in [7, 11) is 0. The minimum atomic E-state index is -0.596. The van der Waals surface area contributed by atoms with Crippen LogP contribution >= 0.6 is 0 Å². The fourth-order valence-electron chi connectivity index (χ4n) is 1.40. The number of rotatable bonds is 6. The summed E-state index contributed by atoms with van der Waals surface area (Å²) in [5.41, 5.74) is 2.74. The highest BCUT2D eigenvalue weighted by molar-refractivity contribution is 5.97. The van der Waals surface area contributed by atoms with E-state index >= 15 is 0 Å². The van der Waals surface area contributed by atoms with Gasteiger partial charge in [0.05, 0.1) is 0 Å². The van der Waals surface area contributed by atoms with E-state index in [0.717, 1.165) is 6.42 Å². The first kappa shape index (κ1) is 14.9. The summed E-state index contributed by atoms with van der Waals surface area (Å²) in [5, 5.41) is 5.32. The van der Waals surface area contributed by atoms with Gasteiger partial charge in [0, 0.05) is 18.3 Å². The molecule has 0 fully saturated rings. The molecular formula is C12H19N5O2. The van der Waals surface area contributed by atoms with Crippen LogP contribution in [0.4, 0.5) is 5.82 Å². The van der Waals surface area contributed by atoms with Crippen molar-refractivity contribution in [1.29, 1.82) is 0 Å².